The van der Waals surface area contributed by atoms with Gasteiger partial charge in [-0.1, -0.05) is 12.1 Å². The molecule has 0 saturated carbocycles. The molecule has 0 radical (unpaired) electrons. The van der Waals surface area contributed by atoms with Crippen molar-refractivity contribution in [2.45, 2.75) is 19.9 Å². The molecule has 0 fully saturated rings. The number of nitrogens with one attached hydrogen (secondary N) is 1. The molecule has 0 aliphatic carbocycles. The van der Waals surface area contributed by atoms with Gasteiger partial charge in [0.05, 0.1) is 11.9 Å². The largest absolute Gasteiger partial charge is 0.311 e. The molecule has 0 spiro atoms. The van der Waals surface area contributed by atoms with Crippen molar-refractivity contribution >= 4 is 0 Å². The number of halogens is 3. The third kappa shape index (κ3) is 3.11. The fourth-order valence-corrected chi connectivity index (χ4v) is 1.58. The van der Waals surface area contributed by atoms with Gasteiger partial charge in [-0.05, 0) is 13.0 Å². The van der Waals surface area contributed by atoms with Crippen LogP contribution in [0.5, 0.6) is 0 Å². The Morgan fingerprint density at radius 1 is 1.16 bits per heavy atom. The normalized spacial score (nSPS) is 10.9. The van der Waals surface area contributed by atoms with Gasteiger partial charge in [-0.25, -0.2) is 17.9 Å². The minimum absolute atomic E-state index is 0.173. The molecule has 2 aromatic rings. The van der Waals surface area contributed by atoms with Gasteiger partial charge in [0.1, 0.15) is 5.69 Å². The van der Waals surface area contributed by atoms with Gasteiger partial charge in [0.25, 0.3) is 0 Å². The summed E-state index contributed by atoms with van der Waals surface area (Å²) in [6, 6.07) is 1.24. The van der Waals surface area contributed by atoms with Crippen molar-refractivity contribution in [3.8, 4) is 5.69 Å². The van der Waals surface area contributed by atoms with Crippen molar-refractivity contribution in [3.63, 3.8) is 0 Å². The zero-order chi connectivity index (χ0) is 13.8. The fourth-order valence-electron chi connectivity index (χ4n) is 1.58. The first-order chi connectivity index (χ1) is 9.11. The van der Waals surface area contributed by atoms with Crippen LogP contribution in [0.2, 0.25) is 0 Å². The summed E-state index contributed by atoms with van der Waals surface area (Å²) < 4.78 is 40.5. The van der Waals surface area contributed by atoms with Crippen molar-refractivity contribution in [3.05, 3.63) is 41.5 Å². The maximum Gasteiger partial charge on any atom is 0.161 e. The summed E-state index contributed by atoms with van der Waals surface area (Å²) in [5, 5.41) is 10.6. The molecule has 0 atom stereocenters. The highest BCUT2D eigenvalue weighted by atomic mass is 19.2. The van der Waals surface area contributed by atoms with Crippen LogP contribution in [0.15, 0.2) is 18.3 Å². The minimum Gasteiger partial charge on any atom is -0.311 e. The van der Waals surface area contributed by atoms with E-state index in [1.54, 1.807) is 0 Å². The average Bonchev–Trinajstić information content (AvgIpc) is 2.83. The minimum atomic E-state index is -1.23. The summed E-state index contributed by atoms with van der Waals surface area (Å²) in [6.45, 7) is 3.34. The molecule has 0 bridgehead atoms. The maximum absolute atomic E-state index is 13.5. The zero-order valence-electron chi connectivity index (χ0n) is 10.3. The third-order valence-corrected chi connectivity index (χ3v) is 2.51. The van der Waals surface area contributed by atoms with Crippen molar-refractivity contribution < 1.29 is 13.2 Å². The quantitative estimate of drug-likeness (QED) is 0.669. The summed E-state index contributed by atoms with van der Waals surface area (Å²) in [5.41, 5.74) is 0.422. The monoisotopic (exact) mass is 270 g/mol. The van der Waals surface area contributed by atoms with E-state index in [0.29, 0.717) is 18.3 Å². The smallest absolute Gasteiger partial charge is 0.161 e. The van der Waals surface area contributed by atoms with Gasteiger partial charge >= 0.3 is 0 Å². The summed E-state index contributed by atoms with van der Waals surface area (Å²) in [7, 11) is 0. The highest BCUT2D eigenvalue weighted by Crippen LogP contribution is 2.17. The summed E-state index contributed by atoms with van der Waals surface area (Å²) in [5.74, 6) is -3.25. The van der Waals surface area contributed by atoms with Crippen LogP contribution in [-0.2, 0) is 6.54 Å². The Hall–Kier alpha value is -1.89. The number of hydrogen-bond acceptors (Lipinski definition) is 3. The predicted molar refractivity (Wildman–Crippen MR) is 63.2 cm³/mol. The lowest BCUT2D eigenvalue weighted by Gasteiger charge is -2.02. The van der Waals surface area contributed by atoms with Gasteiger partial charge in [-0.15, -0.1) is 5.10 Å². The SMILES string of the molecule is CCCNCc1cn(-c2cc(F)c(F)cc2F)nn1. The molecule has 1 aromatic heterocycles. The van der Waals surface area contributed by atoms with Crippen LogP contribution in [-0.4, -0.2) is 21.5 Å². The second-order valence-electron chi connectivity index (χ2n) is 4.05. The first-order valence-electron chi connectivity index (χ1n) is 5.88. The molecule has 1 aromatic carbocycles. The Morgan fingerprint density at radius 2 is 1.89 bits per heavy atom. The van der Waals surface area contributed by atoms with Crippen molar-refractivity contribution in [1.82, 2.24) is 20.3 Å². The van der Waals surface area contributed by atoms with E-state index >= 15 is 0 Å². The van der Waals surface area contributed by atoms with E-state index in [2.05, 4.69) is 15.6 Å². The maximum atomic E-state index is 13.5. The third-order valence-electron chi connectivity index (χ3n) is 2.51. The Kier molecular flexibility index (Phi) is 4.16. The number of aromatic nitrogens is 3. The van der Waals surface area contributed by atoms with Crippen LogP contribution in [0.1, 0.15) is 19.0 Å². The number of hydrogen-bond donors (Lipinski definition) is 1. The summed E-state index contributed by atoms with van der Waals surface area (Å²) in [6.07, 6.45) is 2.45. The number of benzene rings is 1. The highest BCUT2D eigenvalue weighted by molar-refractivity contribution is 5.33. The van der Waals surface area contributed by atoms with Crippen LogP contribution in [0.25, 0.3) is 5.69 Å². The zero-order valence-corrected chi connectivity index (χ0v) is 10.3. The van der Waals surface area contributed by atoms with Crippen LogP contribution >= 0.6 is 0 Å². The number of nitrogens with zero attached hydrogens (tertiary/aromatic N) is 3. The molecule has 0 unspecified atom stereocenters. The van der Waals surface area contributed by atoms with Crippen LogP contribution in [0, 0.1) is 17.5 Å². The van der Waals surface area contributed by atoms with Crippen molar-refractivity contribution in [2.75, 3.05) is 6.54 Å². The molecule has 1 heterocycles. The van der Waals surface area contributed by atoms with Gasteiger partial charge in [0.15, 0.2) is 17.5 Å². The van der Waals surface area contributed by atoms with Gasteiger partial charge in [0.2, 0.25) is 0 Å². The topological polar surface area (TPSA) is 42.7 Å². The summed E-state index contributed by atoms with van der Waals surface area (Å²) >= 11 is 0. The molecule has 19 heavy (non-hydrogen) atoms. The van der Waals surface area contributed by atoms with E-state index in [1.165, 1.54) is 6.20 Å². The molecule has 1 N–H and O–H groups in total. The molecular weight excluding hydrogens is 257 g/mol. The highest BCUT2D eigenvalue weighted by Gasteiger charge is 2.13. The lowest BCUT2D eigenvalue weighted by molar-refractivity contribution is 0.491. The molecule has 0 amide bonds. The average molecular weight is 270 g/mol. The first-order valence-corrected chi connectivity index (χ1v) is 5.88. The molecule has 0 saturated heterocycles. The standard InChI is InChI=1S/C12H13F3N4/c1-2-3-16-6-8-7-19(18-17-8)12-5-10(14)9(13)4-11(12)15/h4-5,7,16H,2-3,6H2,1H3. The van der Waals surface area contributed by atoms with Crippen molar-refractivity contribution in [2.24, 2.45) is 0 Å². The van der Waals surface area contributed by atoms with E-state index < -0.39 is 17.5 Å². The molecule has 102 valence electrons. The lowest BCUT2D eigenvalue weighted by atomic mass is 10.3. The van der Waals surface area contributed by atoms with E-state index in [9.17, 15) is 13.2 Å². The van der Waals surface area contributed by atoms with Crippen LogP contribution in [0.4, 0.5) is 13.2 Å². The second kappa shape index (κ2) is 5.83. The molecular formula is C12H13F3N4. The van der Waals surface area contributed by atoms with E-state index in [4.69, 9.17) is 0 Å². The van der Waals surface area contributed by atoms with Gasteiger partial charge < -0.3 is 5.32 Å². The van der Waals surface area contributed by atoms with E-state index in [0.717, 1.165) is 23.7 Å². The molecule has 7 heteroatoms. The van der Waals surface area contributed by atoms with Crippen molar-refractivity contribution in [1.29, 1.82) is 0 Å². The predicted octanol–water partition coefficient (Wildman–Crippen LogP) is 2.18. The van der Waals surface area contributed by atoms with E-state index in [1.807, 2.05) is 6.92 Å². The van der Waals surface area contributed by atoms with Crippen LogP contribution in [0.3, 0.4) is 0 Å². The Morgan fingerprint density at radius 3 is 2.63 bits per heavy atom. The fraction of sp³-hybridized carbons (Fsp3) is 0.333. The van der Waals surface area contributed by atoms with Gasteiger partial charge in [-0.2, -0.15) is 0 Å². The van der Waals surface area contributed by atoms with E-state index in [-0.39, 0.29) is 5.69 Å². The second-order valence-corrected chi connectivity index (χ2v) is 4.05. The van der Waals surface area contributed by atoms with Gasteiger partial charge in [0, 0.05) is 18.7 Å². The molecule has 0 aliphatic heterocycles. The molecule has 4 nitrogen and oxygen atoms in total. The molecule has 0 aliphatic rings. The Bertz CT molecular complexity index is 568. The number of rotatable bonds is 5. The Balaban J connectivity index is 2.20. The lowest BCUT2D eigenvalue weighted by Crippen LogP contribution is -2.13. The van der Waals surface area contributed by atoms with Crippen LogP contribution < -0.4 is 5.32 Å². The van der Waals surface area contributed by atoms with Gasteiger partial charge in [-0.3, -0.25) is 0 Å². The Labute approximate surface area is 108 Å². The first kappa shape index (κ1) is 13.5. The summed E-state index contributed by atoms with van der Waals surface area (Å²) in [4.78, 5) is 0. The molecule has 2 rings (SSSR count).